The molecule has 1 unspecified atom stereocenters. The second-order valence-electron chi connectivity index (χ2n) is 5.31. The van der Waals surface area contributed by atoms with Crippen molar-refractivity contribution in [2.75, 3.05) is 25.5 Å². The standard InChI is InChI=1S/C14H16F2N2O5/c1-8(13(20)21)6-18(2)7-12(19)17-9-3-4-10-11(5-9)23-14(15,16)22-10/h3-5,8H,6-7H2,1-2H3,(H,17,19)(H,20,21). The number of halogens is 2. The normalized spacial score (nSPS) is 16.2. The van der Waals surface area contributed by atoms with E-state index in [0.717, 1.165) is 0 Å². The number of amides is 1. The number of nitrogens with one attached hydrogen (secondary N) is 1. The number of carbonyl (C=O) groups excluding carboxylic acids is 1. The Morgan fingerprint density at radius 2 is 2.00 bits per heavy atom. The highest BCUT2D eigenvalue weighted by Gasteiger charge is 2.43. The number of hydrogen-bond acceptors (Lipinski definition) is 5. The lowest BCUT2D eigenvalue weighted by atomic mass is 10.2. The maximum Gasteiger partial charge on any atom is 0.586 e. The molecule has 0 saturated heterocycles. The number of hydrogen-bond donors (Lipinski definition) is 2. The van der Waals surface area contributed by atoms with Gasteiger partial charge in [0.05, 0.1) is 12.5 Å². The maximum absolute atomic E-state index is 12.9. The number of carboxylic acid groups (broad SMARTS) is 1. The molecule has 1 aromatic carbocycles. The fraction of sp³-hybridized carbons (Fsp3) is 0.429. The lowest BCUT2D eigenvalue weighted by Crippen LogP contribution is -2.35. The molecule has 0 bridgehead atoms. The Morgan fingerprint density at radius 3 is 2.65 bits per heavy atom. The van der Waals surface area contributed by atoms with Gasteiger partial charge in [-0.15, -0.1) is 8.78 Å². The number of fused-ring (bicyclic) bond motifs is 1. The summed E-state index contributed by atoms with van der Waals surface area (Å²) in [5.74, 6) is -2.24. The van der Waals surface area contributed by atoms with Crippen LogP contribution in [0.1, 0.15) is 6.92 Å². The van der Waals surface area contributed by atoms with Crippen LogP contribution in [0, 0.1) is 5.92 Å². The zero-order chi connectivity index (χ0) is 17.2. The van der Waals surface area contributed by atoms with Gasteiger partial charge in [0, 0.05) is 18.3 Å². The molecule has 0 radical (unpaired) electrons. The van der Waals surface area contributed by atoms with Gasteiger partial charge >= 0.3 is 12.3 Å². The number of aliphatic carboxylic acids is 1. The third kappa shape index (κ3) is 4.52. The number of alkyl halides is 2. The highest BCUT2D eigenvalue weighted by Crippen LogP contribution is 2.42. The SMILES string of the molecule is CC(CN(C)CC(=O)Nc1ccc2c(c1)OC(F)(F)O2)C(=O)O. The second kappa shape index (κ2) is 6.37. The molecule has 1 aliphatic heterocycles. The van der Waals surface area contributed by atoms with Gasteiger partial charge in [-0.25, -0.2) is 0 Å². The van der Waals surface area contributed by atoms with Crippen LogP contribution in [0.2, 0.25) is 0 Å². The Balaban J connectivity index is 1.90. The number of ether oxygens (including phenoxy) is 2. The van der Waals surface area contributed by atoms with E-state index < -0.39 is 24.1 Å². The summed E-state index contributed by atoms with van der Waals surface area (Å²) in [5, 5.41) is 11.3. The molecule has 1 aromatic rings. The van der Waals surface area contributed by atoms with Gasteiger partial charge < -0.3 is 19.9 Å². The molecule has 1 aliphatic rings. The van der Waals surface area contributed by atoms with Crippen LogP contribution in [0.4, 0.5) is 14.5 Å². The first-order valence-corrected chi connectivity index (χ1v) is 6.77. The zero-order valence-electron chi connectivity index (χ0n) is 12.5. The summed E-state index contributed by atoms with van der Waals surface area (Å²) in [7, 11) is 1.61. The van der Waals surface area contributed by atoms with Gasteiger partial charge in [-0.1, -0.05) is 6.92 Å². The average molecular weight is 330 g/mol. The molecular formula is C14H16F2N2O5. The summed E-state index contributed by atoms with van der Waals surface area (Å²) in [5.41, 5.74) is 0.273. The molecule has 1 heterocycles. The molecule has 2 N–H and O–H groups in total. The van der Waals surface area contributed by atoms with E-state index in [1.165, 1.54) is 25.1 Å². The van der Waals surface area contributed by atoms with Crippen LogP contribution in [0.5, 0.6) is 11.5 Å². The molecule has 9 heteroatoms. The Kier molecular flexibility index (Phi) is 4.69. The van der Waals surface area contributed by atoms with Gasteiger partial charge in [0.15, 0.2) is 11.5 Å². The molecule has 0 aliphatic carbocycles. The van der Waals surface area contributed by atoms with Gasteiger partial charge in [0.25, 0.3) is 0 Å². The minimum absolute atomic E-state index is 0.0395. The second-order valence-corrected chi connectivity index (χ2v) is 5.31. The maximum atomic E-state index is 12.9. The average Bonchev–Trinajstić information content (AvgIpc) is 2.71. The van der Waals surface area contributed by atoms with E-state index in [2.05, 4.69) is 14.8 Å². The van der Waals surface area contributed by atoms with Gasteiger partial charge in [0.1, 0.15) is 0 Å². The number of carbonyl (C=O) groups is 2. The molecule has 0 spiro atoms. The fourth-order valence-corrected chi connectivity index (χ4v) is 2.08. The minimum atomic E-state index is -3.71. The quantitative estimate of drug-likeness (QED) is 0.824. The molecule has 23 heavy (non-hydrogen) atoms. The molecule has 1 atom stereocenters. The molecule has 0 aromatic heterocycles. The topological polar surface area (TPSA) is 88.1 Å². The number of rotatable bonds is 6. The molecule has 1 amide bonds. The van der Waals surface area contributed by atoms with Crippen LogP contribution in [0.25, 0.3) is 0 Å². The first kappa shape index (κ1) is 16.9. The number of anilines is 1. The van der Waals surface area contributed by atoms with Crippen LogP contribution in [-0.2, 0) is 9.59 Å². The van der Waals surface area contributed by atoms with Crippen LogP contribution in [0.15, 0.2) is 18.2 Å². The first-order chi connectivity index (χ1) is 10.7. The Bertz CT molecular complexity index is 623. The summed E-state index contributed by atoms with van der Waals surface area (Å²) in [4.78, 5) is 24.2. The summed E-state index contributed by atoms with van der Waals surface area (Å²) in [6, 6.07) is 3.90. The molecular weight excluding hydrogens is 314 g/mol. The summed E-state index contributed by atoms with van der Waals surface area (Å²) < 4.78 is 34.4. The van der Waals surface area contributed by atoms with E-state index in [-0.39, 0.29) is 30.3 Å². The molecule has 0 fully saturated rings. The van der Waals surface area contributed by atoms with E-state index in [9.17, 15) is 18.4 Å². The third-order valence-corrected chi connectivity index (χ3v) is 3.11. The van der Waals surface area contributed by atoms with Crippen LogP contribution in [0.3, 0.4) is 0 Å². The summed E-state index contributed by atoms with van der Waals surface area (Å²) >= 11 is 0. The van der Waals surface area contributed by atoms with Gasteiger partial charge in [-0.2, -0.15) is 0 Å². The molecule has 126 valence electrons. The van der Waals surface area contributed by atoms with Crippen LogP contribution >= 0.6 is 0 Å². The monoisotopic (exact) mass is 330 g/mol. The van der Waals surface area contributed by atoms with Crippen LogP contribution in [-0.4, -0.2) is 48.3 Å². The predicted octanol–water partition coefficient (Wildman–Crippen LogP) is 1.60. The van der Waals surface area contributed by atoms with Crippen molar-refractivity contribution in [3.63, 3.8) is 0 Å². The number of nitrogens with zero attached hydrogens (tertiary/aromatic N) is 1. The van der Waals surface area contributed by atoms with E-state index in [0.29, 0.717) is 0 Å². The van der Waals surface area contributed by atoms with E-state index in [4.69, 9.17) is 5.11 Å². The van der Waals surface area contributed by atoms with E-state index in [1.54, 1.807) is 11.9 Å². The molecule has 0 saturated carbocycles. The summed E-state index contributed by atoms with van der Waals surface area (Å²) in [6.07, 6.45) is -3.71. The fourth-order valence-electron chi connectivity index (χ4n) is 2.08. The highest BCUT2D eigenvalue weighted by molar-refractivity contribution is 5.92. The van der Waals surface area contributed by atoms with Crippen molar-refractivity contribution in [3.8, 4) is 11.5 Å². The number of carboxylic acids is 1. The summed E-state index contributed by atoms with van der Waals surface area (Å²) in [6.45, 7) is 1.70. The number of benzene rings is 1. The van der Waals surface area contributed by atoms with E-state index in [1.807, 2.05) is 0 Å². The van der Waals surface area contributed by atoms with Gasteiger partial charge in [-0.05, 0) is 19.2 Å². The largest absolute Gasteiger partial charge is 0.586 e. The molecule has 7 nitrogen and oxygen atoms in total. The minimum Gasteiger partial charge on any atom is -0.481 e. The third-order valence-electron chi connectivity index (χ3n) is 3.11. The lowest BCUT2D eigenvalue weighted by Gasteiger charge is -2.18. The predicted molar refractivity (Wildman–Crippen MR) is 75.6 cm³/mol. The Morgan fingerprint density at radius 1 is 1.35 bits per heavy atom. The number of likely N-dealkylation sites (N-methyl/N-ethyl adjacent to an activating group) is 1. The van der Waals surface area contributed by atoms with Gasteiger partial charge in [0.2, 0.25) is 5.91 Å². The van der Waals surface area contributed by atoms with Crippen LogP contribution < -0.4 is 14.8 Å². The van der Waals surface area contributed by atoms with Crippen molar-refractivity contribution in [2.45, 2.75) is 13.2 Å². The zero-order valence-corrected chi connectivity index (χ0v) is 12.5. The Labute approximate surface area is 130 Å². The van der Waals surface area contributed by atoms with E-state index >= 15 is 0 Å². The van der Waals surface area contributed by atoms with Crippen molar-refractivity contribution in [2.24, 2.45) is 5.92 Å². The van der Waals surface area contributed by atoms with Crippen molar-refractivity contribution < 1.29 is 33.0 Å². The van der Waals surface area contributed by atoms with Gasteiger partial charge in [-0.3, -0.25) is 14.5 Å². The Hall–Kier alpha value is -2.42. The first-order valence-electron chi connectivity index (χ1n) is 6.77. The van der Waals surface area contributed by atoms with Crippen molar-refractivity contribution in [1.29, 1.82) is 0 Å². The lowest BCUT2D eigenvalue weighted by molar-refractivity contribution is -0.286. The van der Waals surface area contributed by atoms with Crippen molar-refractivity contribution in [1.82, 2.24) is 4.90 Å². The van der Waals surface area contributed by atoms with Crippen molar-refractivity contribution in [3.05, 3.63) is 18.2 Å². The highest BCUT2D eigenvalue weighted by atomic mass is 19.3. The smallest absolute Gasteiger partial charge is 0.481 e. The van der Waals surface area contributed by atoms with Crippen molar-refractivity contribution >= 4 is 17.6 Å². The molecule has 2 rings (SSSR count).